The fourth-order valence-electron chi connectivity index (χ4n) is 2.56. The standard InChI is InChI=1S/C21H15ClFN3OS/c22-17-4-3-5-18(23)16(17)13-27-15-10-8-14(9-11-15)12-24-26-21-25-19-6-1-2-7-20(19)28-21/h1-12H,13H2,(H,25,26)/b24-12-. The zero-order valence-corrected chi connectivity index (χ0v) is 16.2. The van der Waals surface area contributed by atoms with E-state index in [9.17, 15) is 4.39 Å². The Hall–Kier alpha value is -2.96. The molecule has 140 valence electrons. The van der Waals surface area contributed by atoms with Crippen LogP contribution in [-0.2, 0) is 6.61 Å². The van der Waals surface area contributed by atoms with Crippen molar-refractivity contribution in [3.63, 3.8) is 0 Å². The summed E-state index contributed by atoms with van der Waals surface area (Å²) in [4.78, 5) is 4.46. The first-order valence-corrected chi connectivity index (χ1v) is 9.69. The smallest absolute Gasteiger partial charge is 0.204 e. The Morgan fingerprint density at radius 3 is 2.68 bits per heavy atom. The van der Waals surface area contributed by atoms with Crippen molar-refractivity contribution in [1.82, 2.24) is 4.98 Å². The largest absolute Gasteiger partial charge is 0.489 e. The first-order chi connectivity index (χ1) is 13.7. The lowest BCUT2D eigenvalue weighted by Gasteiger charge is -2.08. The number of halogens is 2. The minimum atomic E-state index is -0.378. The third-order valence-electron chi connectivity index (χ3n) is 3.99. The molecule has 1 aromatic heterocycles. The van der Waals surface area contributed by atoms with Gasteiger partial charge in [-0.25, -0.2) is 9.37 Å². The van der Waals surface area contributed by atoms with Crippen molar-refractivity contribution >= 4 is 44.5 Å². The molecule has 0 bridgehead atoms. The van der Waals surface area contributed by atoms with E-state index in [1.807, 2.05) is 36.4 Å². The van der Waals surface area contributed by atoms with Crippen LogP contribution < -0.4 is 10.2 Å². The molecule has 0 saturated carbocycles. The van der Waals surface area contributed by atoms with Crippen molar-refractivity contribution in [1.29, 1.82) is 0 Å². The van der Waals surface area contributed by atoms with E-state index in [0.29, 0.717) is 16.3 Å². The van der Waals surface area contributed by atoms with Crippen LogP contribution in [0.2, 0.25) is 5.02 Å². The van der Waals surface area contributed by atoms with Gasteiger partial charge in [-0.15, -0.1) is 0 Å². The SMILES string of the molecule is Fc1cccc(Cl)c1COc1ccc(/C=N\Nc2nc3ccccc3s2)cc1. The van der Waals surface area contributed by atoms with Crippen LogP contribution >= 0.6 is 22.9 Å². The van der Waals surface area contributed by atoms with Crippen molar-refractivity contribution in [3.05, 3.63) is 88.7 Å². The molecule has 0 radical (unpaired) electrons. The second-order valence-corrected chi connectivity index (χ2v) is 7.35. The van der Waals surface area contributed by atoms with Crippen LogP contribution in [0.1, 0.15) is 11.1 Å². The maximum atomic E-state index is 13.8. The quantitative estimate of drug-likeness (QED) is 0.307. The minimum Gasteiger partial charge on any atom is -0.489 e. The van der Waals surface area contributed by atoms with E-state index in [0.717, 1.165) is 20.9 Å². The molecule has 4 rings (SSSR count). The molecular weight excluding hydrogens is 397 g/mol. The van der Waals surface area contributed by atoms with E-state index >= 15 is 0 Å². The van der Waals surface area contributed by atoms with E-state index in [1.54, 1.807) is 41.8 Å². The molecule has 0 aliphatic rings. The number of para-hydroxylation sites is 1. The number of nitrogens with one attached hydrogen (secondary N) is 1. The van der Waals surface area contributed by atoms with Crippen molar-refractivity contribution in [3.8, 4) is 5.75 Å². The first kappa shape index (κ1) is 18.4. The highest BCUT2D eigenvalue weighted by Gasteiger charge is 2.07. The van der Waals surface area contributed by atoms with Gasteiger partial charge in [-0.05, 0) is 54.1 Å². The maximum Gasteiger partial charge on any atom is 0.204 e. The van der Waals surface area contributed by atoms with Crippen LogP contribution in [0.4, 0.5) is 9.52 Å². The zero-order valence-electron chi connectivity index (χ0n) is 14.6. The number of benzene rings is 3. The Kier molecular flexibility index (Phi) is 5.50. The van der Waals surface area contributed by atoms with Gasteiger partial charge in [-0.3, -0.25) is 5.43 Å². The average molecular weight is 412 g/mol. The van der Waals surface area contributed by atoms with Gasteiger partial charge in [0.05, 0.1) is 21.5 Å². The number of ether oxygens (including phenoxy) is 1. The second kappa shape index (κ2) is 8.37. The van der Waals surface area contributed by atoms with E-state index in [2.05, 4.69) is 15.5 Å². The van der Waals surface area contributed by atoms with Gasteiger partial charge in [-0.2, -0.15) is 5.10 Å². The van der Waals surface area contributed by atoms with Crippen molar-refractivity contribution in [2.24, 2.45) is 5.10 Å². The Balaban J connectivity index is 1.35. The normalized spacial score (nSPS) is 11.2. The molecule has 4 nitrogen and oxygen atoms in total. The second-order valence-electron chi connectivity index (χ2n) is 5.91. The minimum absolute atomic E-state index is 0.0676. The highest BCUT2D eigenvalue weighted by molar-refractivity contribution is 7.22. The fraction of sp³-hybridized carbons (Fsp3) is 0.0476. The topological polar surface area (TPSA) is 46.5 Å². The molecule has 1 heterocycles. The number of fused-ring (bicyclic) bond motifs is 1. The summed E-state index contributed by atoms with van der Waals surface area (Å²) in [6, 6.07) is 19.8. The Morgan fingerprint density at radius 2 is 1.89 bits per heavy atom. The lowest BCUT2D eigenvalue weighted by Crippen LogP contribution is -1.99. The zero-order chi connectivity index (χ0) is 19.3. The summed E-state index contributed by atoms with van der Waals surface area (Å²) in [5.41, 5.74) is 5.13. The number of rotatable bonds is 6. The summed E-state index contributed by atoms with van der Waals surface area (Å²) < 4.78 is 20.5. The number of anilines is 1. The van der Waals surface area contributed by atoms with Crippen LogP contribution in [0.15, 0.2) is 71.8 Å². The Morgan fingerprint density at radius 1 is 1.07 bits per heavy atom. The Bertz CT molecular complexity index is 1070. The van der Waals surface area contributed by atoms with Gasteiger partial charge in [-0.1, -0.05) is 41.1 Å². The fourth-order valence-corrected chi connectivity index (χ4v) is 3.59. The van der Waals surface area contributed by atoms with Gasteiger partial charge in [0.25, 0.3) is 0 Å². The first-order valence-electron chi connectivity index (χ1n) is 8.49. The van der Waals surface area contributed by atoms with Gasteiger partial charge in [0.15, 0.2) is 0 Å². The van der Waals surface area contributed by atoms with E-state index in [-0.39, 0.29) is 12.4 Å². The molecule has 0 spiro atoms. The molecule has 1 N–H and O–H groups in total. The molecule has 0 aliphatic heterocycles. The summed E-state index contributed by atoms with van der Waals surface area (Å²) in [6.45, 7) is 0.0676. The molecular formula is C21H15ClFN3OS. The molecule has 4 aromatic rings. The van der Waals surface area contributed by atoms with Crippen LogP contribution in [0.5, 0.6) is 5.75 Å². The summed E-state index contributed by atoms with van der Waals surface area (Å²) in [7, 11) is 0. The maximum absolute atomic E-state index is 13.8. The highest BCUT2D eigenvalue weighted by Crippen LogP contribution is 2.25. The van der Waals surface area contributed by atoms with Gasteiger partial charge in [0.2, 0.25) is 5.13 Å². The lowest BCUT2D eigenvalue weighted by molar-refractivity contribution is 0.300. The van der Waals surface area contributed by atoms with Crippen molar-refractivity contribution in [2.45, 2.75) is 6.61 Å². The van der Waals surface area contributed by atoms with Crippen LogP contribution in [0, 0.1) is 5.82 Å². The van der Waals surface area contributed by atoms with Crippen LogP contribution in [0.3, 0.4) is 0 Å². The van der Waals surface area contributed by atoms with Crippen LogP contribution in [0.25, 0.3) is 10.2 Å². The molecule has 0 amide bonds. The third-order valence-corrected chi connectivity index (χ3v) is 5.29. The molecule has 0 atom stereocenters. The molecule has 7 heteroatoms. The number of hydrogen-bond donors (Lipinski definition) is 1. The molecule has 0 aliphatic carbocycles. The predicted octanol–water partition coefficient (Wildman–Crippen LogP) is 6.11. The highest BCUT2D eigenvalue weighted by atomic mass is 35.5. The van der Waals surface area contributed by atoms with E-state index in [1.165, 1.54) is 6.07 Å². The summed E-state index contributed by atoms with van der Waals surface area (Å²) in [6.07, 6.45) is 1.70. The molecule has 0 saturated heterocycles. The number of hydrogen-bond acceptors (Lipinski definition) is 5. The summed E-state index contributed by atoms with van der Waals surface area (Å²) >= 11 is 7.55. The van der Waals surface area contributed by atoms with E-state index < -0.39 is 0 Å². The average Bonchev–Trinajstić information content (AvgIpc) is 3.11. The lowest BCUT2D eigenvalue weighted by atomic mass is 10.2. The summed E-state index contributed by atoms with van der Waals surface area (Å²) in [5.74, 6) is 0.243. The molecule has 0 fully saturated rings. The van der Waals surface area contributed by atoms with Gasteiger partial charge < -0.3 is 4.74 Å². The summed E-state index contributed by atoms with van der Waals surface area (Å²) in [5, 5.41) is 5.31. The number of aromatic nitrogens is 1. The van der Waals surface area contributed by atoms with Crippen LogP contribution in [-0.4, -0.2) is 11.2 Å². The Labute approximate surface area is 170 Å². The van der Waals surface area contributed by atoms with Gasteiger partial charge >= 0.3 is 0 Å². The van der Waals surface area contributed by atoms with Crippen molar-refractivity contribution in [2.75, 3.05) is 5.43 Å². The number of hydrazone groups is 1. The van der Waals surface area contributed by atoms with Gasteiger partial charge in [0.1, 0.15) is 18.2 Å². The number of thiazole rings is 1. The molecule has 28 heavy (non-hydrogen) atoms. The van der Waals surface area contributed by atoms with E-state index in [4.69, 9.17) is 16.3 Å². The monoisotopic (exact) mass is 411 g/mol. The van der Waals surface area contributed by atoms with Gasteiger partial charge in [0, 0.05) is 5.56 Å². The number of nitrogens with zero attached hydrogens (tertiary/aromatic N) is 2. The van der Waals surface area contributed by atoms with Crippen molar-refractivity contribution < 1.29 is 9.13 Å². The molecule has 0 unspecified atom stereocenters. The molecule has 3 aromatic carbocycles. The third kappa shape index (κ3) is 4.30. The predicted molar refractivity (Wildman–Crippen MR) is 113 cm³/mol.